The van der Waals surface area contributed by atoms with Crippen molar-refractivity contribution in [2.45, 2.75) is 32.8 Å². The van der Waals surface area contributed by atoms with E-state index in [1.165, 1.54) is 11.1 Å². The van der Waals surface area contributed by atoms with Gasteiger partial charge in [-0.25, -0.2) is 0 Å². The predicted molar refractivity (Wildman–Crippen MR) is 68.7 cm³/mol. The molecule has 1 N–H and O–H groups in total. The Balaban J connectivity index is 2.37. The lowest BCUT2D eigenvalue weighted by molar-refractivity contribution is 0.0450. The Bertz CT molecular complexity index is 311. The molecule has 0 radical (unpaired) electrons. The smallest absolute Gasteiger partial charge is 0.0718 e. The first-order valence-electron chi connectivity index (χ1n) is 5.83. The Kier molecular flexibility index (Phi) is 4.51. The molecule has 0 saturated carbocycles. The summed E-state index contributed by atoms with van der Waals surface area (Å²) < 4.78 is 0. The average Bonchev–Trinajstić information content (AvgIpc) is 2.14. The zero-order valence-electron chi connectivity index (χ0n) is 10.8. The van der Waals surface area contributed by atoms with Crippen molar-refractivity contribution in [2.75, 3.05) is 20.1 Å². The van der Waals surface area contributed by atoms with Gasteiger partial charge in [-0.3, -0.25) is 0 Å². The fourth-order valence-corrected chi connectivity index (χ4v) is 1.81. The van der Waals surface area contributed by atoms with Gasteiger partial charge in [-0.05, 0) is 39.8 Å². The van der Waals surface area contributed by atoms with Crippen molar-refractivity contribution < 1.29 is 5.11 Å². The number of aryl methyl sites for hydroxylation is 1. The lowest BCUT2D eigenvalue weighted by atomic mass is 10.1. The third kappa shape index (κ3) is 5.29. The number of benzene rings is 1. The summed E-state index contributed by atoms with van der Waals surface area (Å²) in [6.07, 6.45) is 1.03. The Morgan fingerprint density at radius 3 is 2.25 bits per heavy atom. The minimum Gasteiger partial charge on any atom is -0.389 e. The number of aliphatic hydroxyl groups is 1. The van der Waals surface area contributed by atoms with Gasteiger partial charge >= 0.3 is 0 Å². The molecular formula is C14H23NO. The van der Waals surface area contributed by atoms with Crippen LogP contribution in [0.1, 0.15) is 25.0 Å². The molecule has 0 saturated heterocycles. The van der Waals surface area contributed by atoms with Crippen molar-refractivity contribution in [3.63, 3.8) is 0 Å². The third-order valence-electron chi connectivity index (χ3n) is 2.56. The van der Waals surface area contributed by atoms with Crippen LogP contribution in [0.15, 0.2) is 24.3 Å². The van der Waals surface area contributed by atoms with Gasteiger partial charge < -0.3 is 10.0 Å². The predicted octanol–water partition coefficient (Wildman–Crippen LogP) is 2.24. The molecule has 1 aromatic rings. The van der Waals surface area contributed by atoms with Crippen LogP contribution in [-0.2, 0) is 6.42 Å². The van der Waals surface area contributed by atoms with Crippen LogP contribution in [0.4, 0.5) is 0 Å². The molecule has 0 aliphatic heterocycles. The Morgan fingerprint density at radius 2 is 1.75 bits per heavy atom. The summed E-state index contributed by atoms with van der Waals surface area (Å²) in [5.41, 5.74) is 2.05. The highest BCUT2D eigenvalue weighted by atomic mass is 16.3. The van der Waals surface area contributed by atoms with E-state index in [4.69, 9.17) is 0 Å². The van der Waals surface area contributed by atoms with E-state index in [9.17, 15) is 5.11 Å². The molecule has 16 heavy (non-hydrogen) atoms. The Morgan fingerprint density at radius 1 is 1.19 bits per heavy atom. The van der Waals surface area contributed by atoms with Crippen LogP contribution in [0.25, 0.3) is 0 Å². The maximum absolute atomic E-state index is 9.68. The van der Waals surface area contributed by atoms with Crippen LogP contribution in [0.2, 0.25) is 0 Å². The first-order chi connectivity index (χ1) is 7.37. The molecule has 0 aliphatic carbocycles. The molecule has 0 heterocycles. The number of likely N-dealkylation sites (N-methyl/N-ethyl adjacent to an activating group) is 1. The molecular weight excluding hydrogens is 198 g/mol. The molecule has 1 rings (SSSR count). The van der Waals surface area contributed by atoms with Crippen molar-refractivity contribution in [1.29, 1.82) is 0 Å². The monoisotopic (exact) mass is 221 g/mol. The van der Waals surface area contributed by atoms with Crippen LogP contribution in [0.5, 0.6) is 0 Å². The average molecular weight is 221 g/mol. The summed E-state index contributed by atoms with van der Waals surface area (Å²) in [4.78, 5) is 2.17. The quantitative estimate of drug-likeness (QED) is 0.824. The summed E-state index contributed by atoms with van der Waals surface area (Å²) in [6, 6.07) is 8.64. The van der Waals surface area contributed by atoms with Crippen molar-refractivity contribution in [3.05, 3.63) is 35.4 Å². The summed E-state index contributed by atoms with van der Waals surface area (Å²) in [6.45, 7) is 7.47. The van der Waals surface area contributed by atoms with Gasteiger partial charge in [0.15, 0.2) is 0 Å². The molecule has 0 aromatic heterocycles. The van der Waals surface area contributed by atoms with Crippen LogP contribution in [0.3, 0.4) is 0 Å². The topological polar surface area (TPSA) is 23.5 Å². The largest absolute Gasteiger partial charge is 0.389 e. The van der Waals surface area contributed by atoms with Crippen molar-refractivity contribution in [1.82, 2.24) is 4.90 Å². The van der Waals surface area contributed by atoms with Gasteiger partial charge in [0.1, 0.15) is 0 Å². The van der Waals surface area contributed by atoms with E-state index in [-0.39, 0.29) is 0 Å². The fourth-order valence-electron chi connectivity index (χ4n) is 1.81. The Labute approximate surface area is 98.9 Å². The number of nitrogens with zero attached hydrogens (tertiary/aromatic N) is 1. The number of hydrogen-bond acceptors (Lipinski definition) is 2. The molecule has 0 amide bonds. The van der Waals surface area contributed by atoms with E-state index in [1.54, 1.807) is 0 Å². The zero-order valence-corrected chi connectivity index (χ0v) is 10.8. The van der Waals surface area contributed by atoms with Gasteiger partial charge in [-0.2, -0.15) is 0 Å². The standard InChI is InChI=1S/C14H23NO/c1-12-5-7-13(8-6-12)9-10-15(4)11-14(2,3)16/h5-8,16H,9-11H2,1-4H3. The van der Waals surface area contributed by atoms with Crippen LogP contribution in [0, 0.1) is 6.92 Å². The van der Waals surface area contributed by atoms with E-state index in [1.807, 2.05) is 20.9 Å². The maximum Gasteiger partial charge on any atom is 0.0718 e. The van der Waals surface area contributed by atoms with E-state index < -0.39 is 5.60 Å². The second-order valence-corrected chi connectivity index (χ2v) is 5.29. The first-order valence-corrected chi connectivity index (χ1v) is 5.83. The van der Waals surface area contributed by atoms with Gasteiger partial charge in [0.25, 0.3) is 0 Å². The van der Waals surface area contributed by atoms with E-state index in [2.05, 4.69) is 36.1 Å². The molecule has 2 nitrogen and oxygen atoms in total. The van der Waals surface area contributed by atoms with Gasteiger partial charge in [-0.15, -0.1) is 0 Å². The lowest BCUT2D eigenvalue weighted by Crippen LogP contribution is -2.37. The minimum absolute atomic E-state index is 0.609. The van der Waals surface area contributed by atoms with Crippen molar-refractivity contribution in [3.8, 4) is 0 Å². The highest BCUT2D eigenvalue weighted by Crippen LogP contribution is 2.07. The third-order valence-corrected chi connectivity index (χ3v) is 2.56. The minimum atomic E-state index is -0.609. The molecule has 0 bridgehead atoms. The summed E-state index contributed by atoms with van der Waals surface area (Å²) in [7, 11) is 2.05. The van der Waals surface area contributed by atoms with Gasteiger partial charge in [0.05, 0.1) is 5.60 Å². The zero-order chi connectivity index (χ0) is 12.2. The van der Waals surface area contributed by atoms with Crippen molar-refractivity contribution >= 4 is 0 Å². The molecule has 0 spiro atoms. The number of rotatable bonds is 5. The SMILES string of the molecule is Cc1ccc(CCN(C)CC(C)(C)O)cc1. The first kappa shape index (κ1) is 13.2. The molecule has 0 aliphatic rings. The highest BCUT2D eigenvalue weighted by molar-refractivity contribution is 5.21. The van der Waals surface area contributed by atoms with E-state index in [0.717, 1.165) is 13.0 Å². The highest BCUT2D eigenvalue weighted by Gasteiger charge is 2.14. The van der Waals surface area contributed by atoms with Crippen LogP contribution in [-0.4, -0.2) is 35.7 Å². The normalized spacial score (nSPS) is 12.1. The molecule has 2 heteroatoms. The maximum atomic E-state index is 9.68. The second kappa shape index (κ2) is 5.46. The molecule has 90 valence electrons. The van der Waals surface area contributed by atoms with Crippen molar-refractivity contribution in [2.24, 2.45) is 0 Å². The summed E-state index contributed by atoms with van der Waals surface area (Å²) >= 11 is 0. The van der Waals surface area contributed by atoms with Gasteiger partial charge in [0, 0.05) is 13.1 Å². The van der Waals surface area contributed by atoms with Crippen LogP contribution < -0.4 is 0 Å². The molecule has 0 fully saturated rings. The molecule has 0 atom stereocenters. The summed E-state index contributed by atoms with van der Waals surface area (Å²) in [5, 5.41) is 9.68. The lowest BCUT2D eigenvalue weighted by Gasteiger charge is -2.25. The molecule has 0 unspecified atom stereocenters. The molecule has 1 aromatic carbocycles. The van der Waals surface area contributed by atoms with Gasteiger partial charge in [-0.1, -0.05) is 29.8 Å². The second-order valence-electron chi connectivity index (χ2n) is 5.29. The van der Waals surface area contributed by atoms with Gasteiger partial charge in [0.2, 0.25) is 0 Å². The van der Waals surface area contributed by atoms with E-state index >= 15 is 0 Å². The summed E-state index contributed by atoms with van der Waals surface area (Å²) in [5.74, 6) is 0. The van der Waals surface area contributed by atoms with Crippen LogP contribution >= 0.6 is 0 Å². The number of hydrogen-bond donors (Lipinski definition) is 1. The fraction of sp³-hybridized carbons (Fsp3) is 0.571. The van der Waals surface area contributed by atoms with E-state index in [0.29, 0.717) is 6.54 Å². The Hall–Kier alpha value is -0.860.